The fourth-order valence-corrected chi connectivity index (χ4v) is 3.38. The lowest BCUT2D eigenvalue weighted by atomic mass is 10.00. The van der Waals surface area contributed by atoms with Crippen LogP contribution in [0.25, 0.3) is 0 Å². The minimum atomic E-state index is -3.23. The fourth-order valence-electron chi connectivity index (χ4n) is 2.59. The molecule has 100 valence electrons. The van der Waals surface area contributed by atoms with Crippen molar-refractivity contribution in [1.29, 1.82) is 0 Å². The summed E-state index contributed by atoms with van der Waals surface area (Å²) in [6.45, 7) is 2.11. The second-order valence-corrected chi connectivity index (χ2v) is 7.08. The van der Waals surface area contributed by atoms with E-state index in [1.807, 2.05) is 0 Å². The molecule has 4 nitrogen and oxygen atoms in total. The van der Waals surface area contributed by atoms with E-state index >= 15 is 0 Å². The topological polar surface area (TPSA) is 59.1 Å². The van der Waals surface area contributed by atoms with Crippen LogP contribution in [0.3, 0.4) is 0 Å². The standard InChI is InChI=1S/C13H20N2O2S/c1-10(11-6-3-4-7-11)15-13-12(18(2,16)17)8-5-9-14-13/h5,8-11H,3-4,6-7H2,1-2H3,(H,14,15). The summed E-state index contributed by atoms with van der Waals surface area (Å²) in [5.41, 5.74) is 0. The molecule has 1 aromatic rings. The van der Waals surface area contributed by atoms with E-state index in [-0.39, 0.29) is 10.9 Å². The first-order chi connectivity index (χ1) is 8.48. The highest BCUT2D eigenvalue weighted by Crippen LogP contribution is 2.30. The fraction of sp³-hybridized carbons (Fsp3) is 0.615. The molecule has 0 amide bonds. The molecule has 1 fully saturated rings. The molecule has 5 heteroatoms. The lowest BCUT2D eigenvalue weighted by molar-refractivity contribution is 0.480. The lowest BCUT2D eigenvalue weighted by Crippen LogP contribution is -2.25. The third kappa shape index (κ3) is 3.02. The van der Waals surface area contributed by atoms with Crippen molar-refractivity contribution in [1.82, 2.24) is 4.98 Å². The van der Waals surface area contributed by atoms with Gasteiger partial charge in [0.25, 0.3) is 0 Å². The Hall–Kier alpha value is -1.10. The summed E-state index contributed by atoms with van der Waals surface area (Å²) in [7, 11) is -3.23. The minimum absolute atomic E-state index is 0.267. The van der Waals surface area contributed by atoms with Crippen molar-refractivity contribution in [3.63, 3.8) is 0 Å². The van der Waals surface area contributed by atoms with Crippen LogP contribution in [0.1, 0.15) is 32.6 Å². The molecule has 1 saturated carbocycles. The molecule has 0 bridgehead atoms. The predicted molar refractivity (Wildman–Crippen MR) is 72.4 cm³/mol. The number of hydrogen-bond donors (Lipinski definition) is 1. The Balaban J connectivity index is 2.18. The number of nitrogens with zero attached hydrogens (tertiary/aromatic N) is 1. The van der Waals surface area contributed by atoms with Gasteiger partial charge in [-0.2, -0.15) is 0 Å². The van der Waals surface area contributed by atoms with Crippen LogP contribution in [0.5, 0.6) is 0 Å². The molecule has 18 heavy (non-hydrogen) atoms. The Morgan fingerprint density at radius 1 is 1.39 bits per heavy atom. The van der Waals surface area contributed by atoms with Crippen LogP contribution >= 0.6 is 0 Å². The van der Waals surface area contributed by atoms with E-state index in [9.17, 15) is 8.42 Å². The lowest BCUT2D eigenvalue weighted by Gasteiger charge is -2.21. The molecule has 1 aliphatic carbocycles. The van der Waals surface area contributed by atoms with E-state index < -0.39 is 9.84 Å². The number of pyridine rings is 1. The highest BCUT2D eigenvalue weighted by Gasteiger charge is 2.23. The second kappa shape index (κ2) is 5.26. The smallest absolute Gasteiger partial charge is 0.179 e. The normalized spacial score (nSPS) is 18.8. The van der Waals surface area contributed by atoms with Crippen molar-refractivity contribution < 1.29 is 8.42 Å². The number of aromatic nitrogens is 1. The third-order valence-corrected chi connectivity index (χ3v) is 4.77. The van der Waals surface area contributed by atoms with E-state index in [1.165, 1.54) is 31.9 Å². The quantitative estimate of drug-likeness (QED) is 0.911. The van der Waals surface area contributed by atoms with Crippen LogP contribution in [0.15, 0.2) is 23.2 Å². The zero-order valence-corrected chi connectivity index (χ0v) is 11.7. The molecule has 1 atom stereocenters. The van der Waals surface area contributed by atoms with Crippen LogP contribution in [0.4, 0.5) is 5.82 Å². The van der Waals surface area contributed by atoms with Gasteiger partial charge in [-0.1, -0.05) is 12.8 Å². The molecule has 0 saturated heterocycles. The summed E-state index contributed by atoms with van der Waals surface area (Å²) in [5.74, 6) is 1.11. The Bertz CT molecular complexity index is 507. The molecule has 0 aromatic carbocycles. The van der Waals surface area contributed by atoms with Gasteiger partial charge in [0.1, 0.15) is 10.7 Å². The number of anilines is 1. The Morgan fingerprint density at radius 3 is 2.67 bits per heavy atom. The SMILES string of the molecule is CC(Nc1ncccc1S(C)(=O)=O)C1CCCC1. The number of nitrogens with one attached hydrogen (secondary N) is 1. The number of rotatable bonds is 4. The van der Waals surface area contributed by atoms with Gasteiger partial charge in [-0.05, 0) is 37.8 Å². The largest absolute Gasteiger partial charge is 0.366 e. The summed E-state index contributed by atoms with van der Waals surface area (Å²) >= 11 is 0. The number of hydrogen-bond acceptors (Lipinski definition) is 4. The average Bonchev–Trinajstić information content (AvgIpc) is 2.81. The van der Waals surface area contributed by atoms with E-state index in [2.05, 4.69) is 17.2 Å². The molecule has 1 unspecified atom stereocenters. The minimum Gasteiger partial charge on any atom is -0.366 e. The van der Waals surface area contributed by atoms with Gasteiger partial charge in [0.2, 0.25) is 0 Å². The Kier molecular flexibility index (Phi) is 3.90. The summed E-state index contributed by atoms with van der Waals surface area (Å²) < 4.78 is 23.4. The summed E-state index contributed by atoms with van der Waals surface area (Å²) in [6, 6.07) is 3.52. The van der Waals surface area contributed by atoms with E-state index in [1.54, 1.807) is 18.3 Å². The molecule has 1 heterocycles. The maximum absolute atomic E-state index is 11.7. The molecule has 1 N–H and O–H groups in total. The van der Waals surface area contributed by atoms with E-state index in [0.29, 0.717) is 11.7 Å². The van der Waals surface area contributed by atoms with Crippen LogP contribution < -0.4 is 5.32 Å². The van der Waals surface area contributed by atoms with Crippen LogP contribution in [-0.2, 0) is 9.84 Å². The zero-order valence-electron chi connectivity index (χ0n) is 10.9. The first kappa shape index (κ1) is 13.3. The summed E-state index contributed by atoms with van der Waals surface area (Å²) in [5, 5.41) is 3.27. The highest BCUT2D eigenvalue weighted by atomic mass is 32.2. The van der Waals surface area contributed by atoms with Gasteiger partial charge in [-0.25, -0.2) is 13.4 Å². The van der Waals surface area contributed by atoms with Gasteiger partial charge >= 0.3 is 0 Å². The number of sulfone groups is 1. The van der Waals surface area contributed by atoms with Gasteiger partial charge in [0, 0.05) is 18.5 Å². The molecule has 1 aliphatic rings. The zero-order chi connectivity index (χ0) is 13.2. The van der Waals surface area contributed by atoms with Crippen molar-refractivity contribution in [2.24, 2.45) is 5.92 Å². The molecule has 2 rings (SSSR count). The van der Waals surface area contributed by atoms with Gasteiger partial charge in [0.05, 0.1) is 0 Å². The van der Waals surface area contributed by atoms with Crippen molar-refractivity contribution in [2.45, 2.75) is 43.5 Å². The van der Waals surface area contributed by atoms with Crippen molar-refractivity contribution >= 4 is 15.7 Å². The highest BCUT2D eigenvalue weighted by molar-refractivity contribution is 7.90. The summed E-state index contributed by atoms with van der Waals surface area (Å²) in [4.78, 5) is 4.45. The van der Waals surface area contributed by atoms with E-state index in [0.717, 1.165) is 0 Å². The molecule has 1 aromatic heterocycles. The van der Waals surface area contributed by atoms with Crippen molar-refractivity contribution in [3.8, 4) is 0 Å². The van der Waals surface area contributed by atoms with Gasteiger partial charge in [-0.15, -0.1) is 0 Å². The maximum Gasteiger partial charge on any atom is 0.179 e. The summed E-state index contributed by atoms with van der Waals surface area (Å²) in [6.07, 6.45) is 7.83. The molecule has 0 spiro atoms. The second-order valence-electron chi connectivity index (χ2n) is 5.10. The predicted octanol–water partition coefficient (Wildman–Crippen LogP) is 2.48. The Labute approximate surface area is 109 Å². The molecular weight excluding hydrogens is 248 g/mol. The first-order valence-electron chi connectivity index (χ1n) is 6.40. The van der Waals surface area contributed by atoms with Crippen LogP contribution in [-0.4, -0.2) is 25.7 Å². The van der Waals surface area contributed by atoms with E-state index in [4.69, 9.17) is 0 Å². The molecule has 0 aliphatic heterocycles. The van der Waals surface area contributed by atoms with Crippen molar-refractivity contribution in [3.05, 3.63) is 18.3 Å². The van der Waals surface area contributed by atoms with Gasteiger partial charge in [-0.3, -0.25) is 0 Å². The monoisotopic (exact) mass is 268 g/mol. The van der Waals surface area contributed by atoms with Crippen molar-refractivity contribution in [2.75, 3.05) is 11.6 Å². The van der Waals surface area contributed by atoms with Gasteiger partial charge in [0.15, 0.2) is 9.84 Å². The first-order valence-corrected chi connectivity index (χ1v) is 8.29. The molecule has 0 radical (unpaired) electrons. The third-order valence-electron chi connectivity index (χ3n) is 3.64. The Morgan fingerprint density at radius 2 is 2.06 bits per heavy atom. The van der Waals surface area contributed by atoms with Crippen LogP contribution in [0.2, 0.25) is 0 Å². The maximum atomic E-state index is 11.7. The van der Waals surface area contributed by atoms with Crippen LogP contribution in [0, 0.1) is 5.92 Å². The average molecular weight is 268 g/mol. The van der Waals surface area contributed by atoms with Gasteiger partial charge < -0.3 is 5.32 Å². The molecular formula is C13H20N2O2S.